The first-order chi connectivity index (χ1) is 8.53. The molecule has 1 atom stereocenters. The summed E-state index contributed by atoms with van der Waals surface area (Å²) in [5, 5.41) is 0.809. The Labute approximate surface area is 115 Å². The zero-order valence-corrected chi connectivity index (χ0v) is 12.1. The van der Waals surface area contributed by atoms with Gasteiger partial charge in [-0.2, -0.15) is 0 Å². The molecule has 100 valence electrons. The monoisotopic (exact) mass is 266 g/mol. The Kier molecular flexibility index (Phi) is 4.18. The minimum Gasteiger partial charge on any atom is -0.366 e. The third kappa shape index (κ3) is 2.99. The van der Waals surface area contributed by atoms with E-state index < -0.39 is 0 Å². The second-order valence-corrected chi connectivity index (χ2v) is 6.32. The van der Waals surface area contributed by atoms with Gasteiger partial charge < -0.3 is 10.6 Å². The average Bonchev–Trinajstić information content (AvgIpc) is 2.31. The zero-order chi connectivity index (χ0) is 13.2. The molecule has 1 aliphatic heterocycles. The molecular formula is C15H23ClN2. The van der Waals surface area contributed by atoms with Crippen molar-refractivity contribution in [3.05, 3.63) is 29.3 Å². The zero-order valence-electron chi connectivity index (χ0n) is 11.3. The number of anilines is 1. The van der Waals surface area contributed by atoms with Crippen LogP contribution in [0.5, 0.6) is 0 Å². The molecule has 0 spiro atoms. The van der Waals surface area contributed by atoms with Gasteiger partial charge in [-0.1, -0.05) is 17.7 Å². The van der Waals surface area contributed by atoms with E-state index in [0.29, 0.717) is 5.92 Å². The second kappa shape index (κ2) is 5.50. The van der Waals surface area contributed by atoms with E-state index in [1.54, 1.807) is 0 Å². The highest BCUT2D eigenvalue weighted by Crippen LogP contribution is 2.36. The number of hydrogen-bond acceptors (Lipinski definition) is 2. The van der Waals surface area contributed by atoms with Gasteiger partial charge in [0.05, 0.1) is 0 Å². The summed E-state index contributed by atoms with van der Waals surface area (Å²) < 4.78 is 0. The summed E-state index contributed by atoms with van der Waals surface area (Å²) in [5.74, 6) is 0.710. The third-order valence-electron chi connectivity index (χ3n) is 4.03. The van der Waals surface area contributed by atoms with Gasteiger partial charge in [-0.3, -0.25) is 0 Å². The van der Waals surface area contributed by atoms with Crippen molar-refractivity contribution in [3.63, 3.8) is 0 Å². The number of rotatable bonds is 3. The molecule has 18 heavy (non-hydrogen) atoms. The molecule has 2 nitrogen and oxygen atoms in total. The van der Waals surface area contributed by atoms with Gasteiger partial charge in [0.25, 0.3) is 0 Å². The standard InChI is InChI=1S/C15H23ClN2/c1-15(2)8-6-12(7-9-17)11-18(15)14-5-3-4-13(16)10-14/h3-5,10,12H,6-9,11,17H2,1-2H3. The fraction of sp³-hybridized carbons (Fsp3) is 0.600. The number of nitrogens with two attached hydrogens (primary N) is 1. The van der Waals surface area contributed by atoms with Gasteiger partial charge in [0, 0.05) is 22.8 Å². The molecule has 2 N–H and O–H groups in total. The highest BCUT2D eigenvalue weighted by atomic mass is 35.5. The number of nitrogens with zero attached hydrogens (tertiary/aromatic N) is 1. The summed E-state index contributed by atoms with van der Waals surface area (Å²) in [6.45, 7) is 6.50. The maximum absolute atomic E-state index is 6.11. The topological polar surface area (TPSA) is 29.3 Å². The van der Waals surface area contributed by atoms with Crippen molar-refractivity contribution in [2.45, 2.75) is 38.6 Å². The second-order valence-electron chi connectivity index (χ2n) is 5.88. The SMILES string of the molecule is CC1(C)CCC(CCN)CN1c1cccc(Cl)c1. The Morgan fingerprint density at radius 3 is 2.89 bits per heavy atom. The molecule has 3 heteroatoms. The van der Waals surface area contributed by atoms with Gasteiger partial charge in [0.2, 0.25) is 0 Å². The molecule has 1 heterocycles. The molecule has 0 saturated carbocycles. The van der Waals surface area contributed by atoms with Crippen LogP contribution < -0.4 is 10.6 Å². The predicted molar refractivity (Wildman–Crippen MR) is 79.3 cm³/mol. The highest BCUT2D eigenvalue weighted by Gasteiger charge is 2.33. The molecule has 2 rings (SSSR count). The van der Waals surface area contributed by atoms with Crippen LogP contribution in [0.25, 0.3) is 0 Å². The lowest BCUT2D eigenvalue weighted by Crippen LogP contribution is -2.50. The van der Waals surface area contributed by atoms with E-state index in [-0.39, 0.29) is 5.54 Å². The highest BCUT2D eigenvalue weighted by molar-refractivity contribution is 6.30. The third-order valence-corrected chi connectivity index (χ3v) is 4.27. The normalized spacial score (nSPS) is 23.1. The minimum atomic E-state index is 0.204. The first kappa shape index (κ1) is 13.7. The fourth-order valence-corrected chi connectivity index (χ4v) is 3.04. The summed E-state index contributed by atoms with van der Waals surface area (Å²) in [7, 11) is 0. The van der Waals surface area contributed by atoms with E-state index >= 15 is 0 Å². The van der Waals surface area contributed by atoms with Crippen molar-refractivity contribution in [2.75, 3.05) is 18.0 Å². The molecule has 0 radical (unpaired) electrons. The van der Waals surface area contributed by atoms with Crippen LogP contribution >= 0.6 is 11.6 Å². The summed E-state index contributed by atoms with van der Waals surface area (Å²) in [5.41, 5.74) is 7.13. The van der Waals surface area contributed by atoms with Crippen molar-refractivity contribution in [1.29, 1.82) is 0 Å². The number of piperidine rings is 1. The summed E-state index contributed by atoms with van der Waals surface area (Å²) in [6, 6.07) is 8.17. The molecule has 0 amide bonds. The summed E-state index contributed by atoms with van der Waals surface area (Å²) in [4.78, 5) is 2.49. The van der Waals surface area contributed by atoms with Crippen molar-refractivity contribution in [2.24, 2.45) is 11.7 Å². The molecule has 0 aromatic heterocycles. The van der Waals surface area contributed by atoms with Crippen molar-refractivity contribution in [1.82, 2.24) is 0 Å². The Hall–Kier alpha value is -0.730. The van der Waals surface area contributed by atoms with Crippen LogP contribution in [0.2, 0.25) is 5.02 Å². The van der Waals surface area contributed by atoms with E-state index in [4.69, 9.17) is 17.3 Å². The van der Waals surface area contributed by atoms with Gasteiger partial charge in [0.15, 0.2) is 0 Å². The molecule has 1 aliphatic rings. The Balaban J connectivity index is 2.21. The van der Waals surface area contributed by atoms with Crippen LogP contribution in [-0.4, -0.2) is 18.6 Å². The Morgan fingerprint density at radius 2 is 2.22 bits per heavy atom. The van der Waals surface area contributed by atoms with Crippen LogP contribution in [0.1, 0.15) is 33.1 Å². The molecular weight excluding hydrogens is 244 g/mol. The van der Waals surface area contributed by atoms with Gasteiger partial charge >= 0.3 is 0 Å². The van der Waals surface area contributed by atoms with E-state index in [1.165, 1.54) is 18.5 Å². The number of halogens is 1. The molecule has 1 saturated heterocycles. The van der Waals surface area contributed by atoms with Crippen LogP contribution in [0.4, 0.5) is 5.69 Å². The quantitative estimate of drug-likeness (QED) is 0.904. The van der Waals surface area contributed by atoms with Crippen LogP contribution in [0.15, 0.2) is 24.3 Å². The molecule has 1 aromatic rings. The van der Waals surface area contributed by atoms with Crippen LogP contribution in [0.3, 0.4) is 0 Å². The van der Waals surface area contributed by atoms with Gasteiger partial charge in [-0.05, 0) is 63.8 Å². The average molecular weight is 267 g/mol. The lowest BCUT2D eigenvalue weighted by atomic mass is 9.83. The molecule has 1 unspecified atom stereocenters. The van der Waals surface area contributed by atoms with Gasteiger partial charge in [0.1, 0.15) is 0 Å². The maximum atomic E-state index is 6.11. The van der Waals surface area contributed by atoms with Gasteiger partial charge in [-0.25, -0.2) is 0 Å². The van der Waals surface area contributed by atoms with Crippen molar-refractivity contribution in [3.8, 4) is 0 Å². The fourth-order valence-electron chi connectivity index (χ4n) is 2.86. The minimum absolute atomic E-state index is 0.204. The van der Waals surface area contributed by atoms with E-state index in [9.17, 15) is 0 Å². The first-order valence-electron chi connectivity index (χ1n) is 6.76. The predicted octanol–water partition coefficient (Wildman–Crippen LogP) is 3.68. The smallest absolute Gasteiger partial charge is 0.0426 e. The van der Waals surface area contributed by atoms with Crippen molar-refractivity contribution >= 4 is 17.3 Å². The Morgan fingerprint density at radius 1 is 1.44 bits per heavy atom. The Bertz CT molecular complexity index is 403. The van der Waals surface area contributed by atoms with E-state index in [0.717, 1.165) is 24.5 Å². The van der Waals surface area contributed by atoms with Crippen molar-refractivity contribution < 1.29 is 0 Å². The summed E-state index contributed by atoms with van der Waals surface area (Å²) >= 11 is 6.11. The lowest BCUT2D eigenvalue weighted by molar-refractivity contribution is 0.282. The van der Waals surface area contributed by atoms with Gasteiger partial charge in [-0.15, -0.1) is 0 Å². The first-order valence-corrected chi connectivity index (χ1v) is 7.14. The summed E-state index contributed by atoms with van der Waals surface area (Å²) in [6.07, 6.45) is 3.61. The maximum Gasteiger partial charge on any atom is 0.0426 e. The van der Waals surface area contributed by atoms with E-state index in [1.807, 2.05) is 12.1 Å². The largest absolute Gasteiger partial charge is 0.366 e. The van der Waals surface area contributed by atoms with Crippen LogP contribution in [-0.2, 0) is 0 Å². The lowest BCUT2D eigenvalue weighted by Gasteiger charge is -2.47. The number of benzene rings is 1. The molecule has 0 bridgehead atoms. The molecule has 1 fully saturated rings. The molecule has 0 aliphatic carbocycles. The van der Waals surface area contributed by atoms with E-state index in [2.05, 4.69) is 30.9 Å². The van der Waals surface area contributed by atoms with Crippen LogP contribution in [0, 0.1) is 5.92 Å². The molecule has 1 aromatic carbocycles. The number of hydrogen-bond donors (Lipinski definition) is 1.